The van der Waals surface area contributed by atoms with Gasteiger partial charge in [0.05, 0.1) is 35.5 Å². The van der Waals surface area contributed by atoms with Gasteiger partial charge in [-0.05, 0) is 171 Å². The number of benzene rings is 11. The third-order valence-corrected chi connectivity index (χ3v) is 17.4. The maximum absolute atomic E-state index is 6.99. The molecule has 0 amide bonds. The maximum atomic E-state index is 6.99. The van der Waals surface area contributed by atoms with Gasteiger partial charge in [0, 0.05) is 48.6 Å². The Kier molecular flexibility index (Phi) is 13.1. The highest BCUT2D eigenvalue weighted by Gasteiger charge is 2.48. The van der Waals surface area contributed by atoms with Crippen LogP contribution in [0.4, 0.5) is 0 Å². The van der Waals surface area contributed by atoms with Gasteiger partial charge in [-0.15, -0.1) is 0 Å². The number of fused-ring (bicyclic) bond motifs is 8. The molecule has 400 valence electrons. The number of hydrogen-bond donors (Lipinski definition) is 0. The Bertz CT molecular complexity index is 4000. The standard InChI is InChI=1S/C77H62O5/c1-78-73-55-35-52(47-23-11-6-12-24-47)36-56(73)42-58-38-54(49-27-15-8-16-28-49)40-60(75(58)80-3)44-62-46-66(51-31-19-10-20-32-51)70-67-63-33-21-22-34-64(63)68(72(70)77(62)82-5)71-69(67)65(50-29-17-9-18-30-50)45-61(76(71)81-4)43-59-39-53(48-25-13-7-14-26-48)37-57(41-55)74(59)79-2/h6-40,45-46,67-68H,41-44H2,1-5H3. The van der Waals surface area contributed by atoms with E-state index in [-0.39, 0.29) is 11.8 Å². The minimum absolute atomic E-state index is 0.157. The van der Waals surface area contributed by atoms with E-state index in [0.717, 1.165) is 118 Å². The van der Waals surface area contributed by atoms with Crippen molar-refractivity contribution >= 4 is 0 Å². The maximum Gasteiger partial charge on any atom is 0.126 e. The van der Waals surface area contributed by atoms with Gasteiger partial charge in [0.15, 0.2) is 0 Å². The molecule has 11 aromatic rings. The van der Waals surface area contributed by atoms with Crippen LogP contribution in [-0.2, 0) is 25.7 Å². The molecular weight excluding hydrogens is 1000 g/mol. The van der Waals surface area contributed by atoms with Crippen molar-refractivity contribution < 1.29 is 23.7 Å². The Labute approximate surface area is 481 Å². The van der Waals surface area contributed by atoms with Crippen LogP contribution >= 0.6 is 0 Å². The Hall–Kier alpha value is -9.58. The molecule has 0 saturated carbocycles. The van der Waals surface area contributed by atoms with Gasteiger partial charge >= 0.3 is 0 Å². The molecule has 5 nitrogen and oxygen atoms in total. The second-order valence-corrected chi connectivity index (χ2v) is 21.9. The summed E-state index contributed by atoms with van der Waals surface area (Å²) in [7, 11) is 9.15. The Morgan fingerprint density at radius 1 is 0.232 bits per heavy atom. The molecule has 0 unspecified atom stereocenters. The number of rotatable bonds is 10. The lowest BCUT2D eigenvalue weighted by Gasteiger charge is -2.46. The van der Waals surface area contributed by atoms with Crippen LogP contribution in [0.3, 0.4) is 0 Å². The summed E-state index contributed by atoms with van der Waals surface area (Å²) >= 11 is 0. The quantitative estimate of drug-likeness (QED) is 0.137. The van der Waals surface area contributed by atoms with Crippen molar-refractivity contribution in [1.82, 2.24) is 0 Å². The van der Waals surface area contributed by atoms with Gasteiger partial charge in [0.1, 0.15) is 28.7 Å². The van der Waals surface area contributed by atoms with Crippen molar-refractivity contribution in [3.63, 3.8) is 0 Å². The van der Waals surface area contributed by atoms with Crippen LogP contribution in [0.2, 0.25) is 0 Å². The lowest BCUT2D eigenvalue weighted by molar-refractivity contribution is 0.391. The summed E-state index contributed by atoms with van der Waals surface area (Å²) in [6, 6.07) is 81.8. The molecule has 0 spiro atoms. The minimum atomic E-state index is -0.246. The Morgan fingerprint density at radius 2 is 0.463 bits per heavy atom. The Balaban J connectivity index is 1.14. The predicted octanol–water partition coefficient (Wildman–Crippen LogP) is 17.7. The number of ether oxygens (including phenoxy) is 5. The molecule has 0 saturated heterocycles. The monoisotopic (exact) mass is 1070 g/mol. The van der Waals surface area contributed by atoms with Crippen molar-refractivity contribution in [3.05, 3.63) is 302 Å². The molecule has 4 aliphatic carbocycles. The zero-order valence-corrected chi connectivity index (χ0v) is 46.9. The smallest absolute Gasteiger partial charge is 0.126 e. The molecule has 15 rings (SSSR count). The summed E-state index contributed by atoms with van der Waals surface area (Å²) in [6.45, 7) is 0. The lowest BCUT2D eigenvalue weighted by atomic mass is 9.57. The van der Waals surface area contributed by atoms with E-state index in [1.807, 2.05) is 28.4 Å². The molecule has 0 fully saturated rings. The summed E-state index contributed by atoms with van der Waals surface area (Å²) in [5, 5.41) is 0. The van der Waals surface area contributed by atoms with Crippen molar-refractivity contribution in [1.29, 1.82) is 0 Å². The van der Waals surface area contributed by atoms with E-state index < -0.39 is 0 Å². The number of hydrogen-bond acceptors (Lipinski definition) is 5. The molecule has 0 radical (unpaired) electrons. The fourth-order valence-corrected chi connectivity index (χ4v) is 14.2. The average molecular weight is 1070 g/mol. The minimum Gasteiger partial charge on any atom is -0.496 e. The van der Waals surface area contributed by atoms with Crippen LogP contribution in [0, 0.1) is 0 Å². The fourth-order valence-electron chi connectivity index (χ4n) is 14.2. The molecule has 4 aliphatic rings. The van der Waals surface area contributed by atoms with Crippen LogP contribution in [-0.4, -0.2) is 35.5 Å². The molecule has 0 atom stereocenters. The summed E-state index contributed by atoms with van der Waals surface area (Å²) in [4.78, 5) is 0. The highest BCUT2D eigenvalue weighted by molar-refractivity contribution is 5.88. The topological polar surface area (TPSA) is 46.2 Å². The van der Waals surface area contributed by atoms with Crippen LogP contribution < -0.4 is 23.7 Å². The highest BCUT2D eigenvalue weighted by Crippen LogP contribution is 2.65. The predicted molar refractivity (Wildman–Crippen MR) is 332 cm³/mol. The summed E-state index contributed by atoms with van der Waals surface area (Å²) in [5.74, 6) is 3.86. The molecule has 82 heavy (non-hydrogen) atoms. The van der Waals surface area contributed by atoms with Gasteiger partial charge in [-0.2, -0.15) is 0 Å². The molecule has 0 aliphatic heterocycles. The average Bonchev–Trinajstić information content (AvgIpc) is 0.875. The third-order valence-electron chi connectivity index (χ3n) is 17.4. The molecular formula is C77H62O5. The first kappa shape index (κ1) is 50.6. The van der Waals surface area contributed by atoms with Crippen molar-refractivity contribution in [3.8, 4) is 84.4 Å². The van der Waals surface area contributed by atoms with E-state index in [9.17, 15) is 0 Å². The fraction of sp³-hybridized carbons (Fsp3) is 0.143. The van der Waals surface area contributed by atoms with Gasteiger partial charge in [0.25, 0.3) is 0 Å². The van der Waals surface area contributed by atoms with E-state index in [4.69, 9.17) is 23.7 Å². The van der Waals surface area contributed by atoms with E-state index in [1.54, 1.807) is 7.11 Å². The SMILES string of the molecule is COc1c2cc(-c3ccccc3)cc1Cc1cc(-c3ccccc3)cc(c1OC)Cc1cc(-c3ccccc3)c3c(c1OC)C1c4ccccc4C3c3c(-c4ccccc4)cc(c(OC)c31)Cc1cc(-c3ccccc3)cc(c1OC)C2. The second-order valence-electron chi connectivity index (χ2n) is 21.9. The van der Waals surface area contributed by atoms with Gasteiger partial charge in [-0.25, -0.2) is 0 Å². The van der Waals surface area contributed by atoms with Gasteiger partial charge in [-0.3, -0.25) is 0 Å². The lowest BCUT2D eigenvalue weighted by Crippen LogP contribution is -2.30. The zero-order valence-electron chi connectivity index (χ0n) is 46.9. The molecule has 0 aromatic heterocycles. The second kappa shape index (κ2) is 21.1. The molecule has 0 N–H and O–H groups in total. The normalized spacial score (nSPS) is 14.5. The van der Waals surface area contributed by atoms with Crippen LogP contribution in [0.5, 0.6) is 28.7 Å². The molecule has 0 heterocycles. The summed E-state index contributed by atoms with van der Waals surface area (Å²) in [5.41, 5.74) is 27.3. The zero-order chi connectivity index (χ0) is 55.4. The molecule has 12 bridgehead atoms. The van der Waals surface area contributed by atoms with Crippen LogP contribution in [0.25, 0.3) is 55.6 Å². The van der Waals surface area contributed by atoms with Gasteiger partial charge < -0.3 is 23.7 Å². The van der Waals surface area contributed by atoms with Crippen molar-refractivity contribution in [2.75, 3.05) is 35.5 Å². The first-order chi connectivity index (χ1) is 40.4. The molecule has 5 heteroatoms. The first-order valence-corrected chi connectivity index (χ1v) is 28.4. The number of methoxy groups -OCH3 is 5. The summed E-state index contributed by atoms with van der Waals surface area (Å²) in [6.07, 6.45) is 2.16. The van der Waals surface area contributed by atoms with E-state index in [0.29, 0.717) is 25.7 Å². The summed E-state index contributed by atoms with van der Waals surface area (Å²) < 4.78 is 34.2. The Morgan fingerprint density at radius 3 is 0.732 bits per heavy atom. The van der Waals surface area contributed by atoms with Gasteiger partial charge in [0.2, 0.25) is 0 Å². The first-order valence-electron chi connectivity index (χ1n) is 28.4. The third kappa shape index (κ3) is 8.53. The largest absolute Gasteiger partial charge is 0.496 e. The van der Waals surface area contributed by atoms with E-state index in [2.05, 4.69) is 224 Å². The van der Waals surface area contributed by atoms with E-state index >= 15 is 0 Å². The highest BCUT2D eigenvalue weighted by atomic mass is 16.5. The van der Waals surface area contributed by atoms with Crippen molar-refractivity contribution in [2.24, 2.45) is 0 Å². The van der Waals surface area contributed by atoms with E-state index in [1.165, 1.54) is 44.5 Å². The van der Waals surface area contributed by atoms with Crippen LogP contribution in [0.1, 0.15) is 89.7 Å². The molecule has 11 aromatic carbocycles. The van der Waals surface area contributed by atoms with Crippen molar-refractivity contribution in [2.45, 2.75) is 37.5 Å². The van der Waals surface area contributed by atoms with Gasteiger partial charge in [-0.1, -0.05) is 176 Å². The van der Waals surface area contributed by atoms with Crippen LogP contribution in [0.15, 0.2) is 224 Å².